The molecular weight excluding hydrogens is 147 g/mol. The first kappa shape index (κ1) is 6.09. The van der Waals surface area contributed by atoms with Gasteiger partial charge in [-0.3, -0.25) is 9.37 Å². The first-order valence-corrected chi connectivity index (χ1v) is 2.98. The van der Waals surface area contributed by atoms with E-state index in [1.807, 2.05) is 0 Å². The van der Waals surface area contributed by atoms with E-state index in [4.69, 9.17) is 0 Å². The van der Waals surface area contributed by atoms with Crippen LogP contribution in [0.3, 0.4) is 0 Å². The molecule has 0 N–H and O–H groups in total. The summed E-state index contributed by atoms with van der Waals surface area (Å²) in [5.74, 6) is 0. The highest BCUT2D eigenvalue weighted by Crippen LogP contribution is 2.07. The molecule has 11 heavy (non-hydrogen) atoms. The molecule has 2 heterocycles. The quantitative estimate of drug-likeness (QED) is 0.565. The molecule has 0 bridgehead atoms. The molecule has 0 aliphatic rings. The van der Waals surface area contributed by atoms with Gasteiger partial charge in [0.15, 0.2) is 0 Å². The summed E-state index contributed by atoms with van der Waals surface area (Å²) in [5, 5.41) is 0. The summed E-state index contributed by atoms with van der Waals surface area (Å²) in [6, 6.07) is 0. The average Bonchev–Trinajstić information content (AvgIpc) is 2.47. The summed E-state index contributed by atoms with van der Waals surface area (Å²) >= 11 is 0. The summed E-state index contributed by atoms with van der Waals surface area (Å²) < 4.78 is 13.2. The van der Waals surface area contributed by atoms with Crippen molar-refractivity contribution in [2.45, 2.75) is 0 Å². The van der Waals surface area contributed by atoms with Crippen LogP contribution in [0, 0.1) is 6.80 Å². The van der Waals surface area contributed by atoms with Gasteiger partial charge in [-0.15, -0.1) is 0 Å². The largest absolute Gasteiger partial charge is 0.427 e. The van der Waals surface area contributed by atoms with Crippen LogP contribution < -0.4 is 0 Å². The van der Waals surface area contributed by atoms with E-state index in [9.17, 15) is 4.39 Å². The smallest absolute Gasteiger partial charge is 0.104 e. The molecule has 0 spiro atoms. The lowest BCUT2D eigenvalue weighted by Gasteiger charge is -2.02. The Bertz CT molecular complexity index is 369. The first-order chi connectivity index (χ1) is 5.42. The van der Waals surface area contributed by atoms with E-state index in [1.54, 1.807) is 0 Å². The van der Waals surface area contributed by atoms with Crippen molar-refractivity contribution in [1.29, 1.82) is 0 Å². The van der Waals surface area contributed by atoms with Crippen molar-refractivity contribution in [1.82, 2.24) is 19.5 Å². The Labute approximate surface area is 61.7 Å². The maximum atomic E-state index is 12.0. The second-order valence-electron chi connectivity index (χ2n) is 1.98. The Kier molecular flexibility index (Phi) is 1.21. The zero-order valence-corrected chi connectivity index (χ0v) is 5.48. The molecule has 0 unspecified atom stereocenters. The van der Waals surface area contributed by atoms with E-state index < -0.39 is 0 Å². The average molecular weight is 151 g/mol. The minimum atomic E-state index is 0.405. The standard InChI is InChI=1S/C6H4FN4/c7-2-11-4-10-5-1-8-3-9-6(5)11/h1-4H/q-1. The van der Waals surface area contributed by atoms with E-state index in [0.29, 0.717) is 18.0 Å². The van der Waals surface area contributed by atoms with E-state index in [2.05, 4.69) is 15.0 Å². The van der Waals surface area contributed by atoms with Crippen molar-refractivity contribution in [3.8, 4) is 0 Å². The monoisotopic (exact) mass is 151 g/mol. The Balaban J connectivity index is 2.76. The van der Waals surface area contributed by atoms with Crippen LogP contribution in [0.15, 0.2) is 18.9 Å². The van der Waals surface area contributed by atoms with Gasteiger partial charge >= 0.3 is 0 Å². The lowest BCUT2D eigenvalue weighted by atomic mass is 10.6. The van der Waals surface area contributed by atoms with Gasteiger partial charge in [0.2, 0.25) is 0 Å². The third-order valence-electron chi connectivity index (χ3n) is 1.34. The number of nitrogens with zero attached hydrogens (tertiary/aromatic N) is 4. The predicted molar refractivity (Wildman–Crippen MR) is 36.1 cm³/mol. The normalized spacial score (nSPS) is 10.3. The van der Waals surface area contributed by atoms with E-state index in [1.165, 1.54) is 23.4 Å². The van der Waals surface area contributed by atoms with Gasteiger partial charge in [-0.05, 0) is 6.33 Å². The number of hydrogen-bond donors (Lipinski definition) is 0. The molecule has 2 aromatic rings. The molecule has 2 aromatic heterocycles. The molecule has 0 atom stereocenters. The van der Waals surface area contributed by atoms with E-state index in [0.717, 1.165) is 0 Å². The molecule has 0 amide bonds. The molecule has 0 aromatic carbocycles. The van der Waals surface area contributed by atoms with Crippen LogP contribution in [0.1, 0.15) is 0 Å². The van der Waals surface area contributed by atoms with Crippen molar-refractivity contribution >= 4 is 11.2 Å². The van der Waals surface area contributed by atoms with Crippen molar-refractivity contribution < 1.29 is 4.39 Å². The van der Waals surface area contributed by atoms with Crippen molar-refractivity contribution in [2.75, 3.05) is 0 Å². The van der Waals surface area contributed by atoms with Crippen molar-refractivity contribution in [3.63, 3.8) is 0 Å². The molecule has 5 heteroatoms. The third kappa shape index (κ3) is 0.813. The number of fused-ring (bicyclic) bond motifs is 1. The van der Waals surface area contributed by atoms with Gasteiger partial charge in [-0.1, -0.05) is 0 Å². The zero-order chi connectivity index (χ0) is 7.68. The van der Waals surface area contributed by atoms with Crippen LogP contribution in [-0.2, 0) is 0 Å². The fraction of sp³-hybridized carbons (Fsp3) is 0. The molecule has 0 saturated carbocycles. The summed E-state index contributed by atoms with van der Waals surface area (Å²) in [6.07, 6.45) is 4.23. The maximum Gasteiger partial charge on any atom is 0.104 e. The number of hydrogen-bond acceptors (Lipinski definition) is 3. The Hall–Kier alpha value is -1.65. The molecular formula is C6H4FN4-. The Morgan fingerprint density at radius 3 is 3.18 bits per heavy atom. The lowest BCUT2D eigenvalue weighted by molar-refractivity contribution is 0.560. The highest BCUT2D eigenvalue weighted by atomic mass is 19.1. The zero-order valence-electron chi connectivity index (χ0n) is 5.48. The van der Waals surface area contributed by atoms with Gasteiger partial charge in [0, 0.05) is 6.20 Å². The van der Waals surface area contributed by atoms with Crippen LogP contribution in [0.5, 0.6) is 0 Å². The topological polar surface area (TPSA) is 43.6 Å². The highest BCUT2D eigenvalue weighted by Gasteiger charge is 1.91. The molecule has 0 saturated heterocycles. The molecule has 56 valence electrons. The van der Waals surface area contributed by atoms with Gasteiger partial charge in [0.05, 0.1) is 18.0 Å². The van der Waals surface area contributed by atoms with Crippen LogP contribution in [0.4, 0.5) is 4.39 Å². The summed E-state index contributed by atoms with van der Waals surface area (Å²) in [5.41, 5.74) is 1.06. The number of imidazole rings is 1. The summed E-state index contributed by atoms with van der Waals surface area (Å²) in [7, 11) is 0. The molecule has 0 fully saturated rings. The van der Waals surface area contributed by atoms with Crippen LogP contribution >= 0.6 is 0 Å². The second-order valence-corrected chi connectivity index (χ2v) is 1.98. The molecule has 0 radical (unpaired) electrons. The maximum absolute atomic E-state index is 12.0. The molecule has 0 aliphatic carbocycles. The number of halogens is 1. The number of aromatic nitrogens is 4. The molecule has 0 aliphatic heterocycles. The van der Waals surface area contributed by atoms with E-state index >= 15 is 0 Å². The minimum absolute atomic E-state index is 0.405. The summed E-state index contributed by atoms with van der Waals surface area (Å²) in [4.78, 5) is 11.4. The van der Waals surface area contributed by atoms with E-state index in [-0.39, 0.29) is 0 Å². The SMILES string of the molecule is F[CH-]n1cnc2cncnc21. The fourth-order valence-electron chi connectivity index (χ4n) is 0.856. The van der Waals surface area contributed by atoms with Gasteiger partial charge in [-0.25, -0.2) is 4.98 Å². The van der Waals surface area contributed by atoms with Crippen LogP contribution in [0.25, 0.3) is 11.2 Å². The minimum Gasteiger partial charge on any atom is -0.427 e. The lowest BCUT2D eigenvalue weighted by Crippen LogP contribution is -1.89. The first-order valence-electron chi connectivity index (χ1n) is 2.98. The van der Waals surface area contributed by atoms with Crippen LogP contribution in [0.2, 0.25) is 0 Å². The fourth-order valence-corrected chi connectivity index (χ4v) is 0.856. The van der Waals surface area contributed by atoms with Gasteiger partial charge in [0.25, 0.3) is 0 Å². The van der Waals surface area contributed by atoms with Crippen molar-refractivity contribution in [2.24, 2.45) is 0 Å². The second kappa shape index (κ2) is 2.19. The summed E-state index contributed by atoms with van der Waals surface area (Å²) in [6.45, 7) is 0.405. The highest BCUT2D eigenvalue weighted by molar-refractivity contribution is 5.69. The van der Waals surface area contributed by atoms with Crippen molar-refractivity contribution in [3.05, 3.63) is 25.7 Å². The predicted octanol–water partition coefficient (Wildman–Crippen LogP) is 0.763. The third-order valence-corrected chi connectivity index (χ3v) is 1.34. The van der Waals surface area contributed by atoms with Crippen LogP contribution in [-0.4, -0.2) is 19.5 Å². The number of rotatable bonds is 1. The Morgan fingerprint density at radius 1 is 1.45 bits per heavy atom. The van der Waals surface area contributed by atoms with Gasteiger partial charge < -0.3 is 9.55 Å². The molecule has 2 rings (SSSR count). The molecule has 4 nitrogen and oxygen atoms in total. The Morgan fingerprint density at radius 2 is 2.36 bits per heavy atom. The van der Waals surface area contributed by atoms with Gasteiger partial charge in [-0.2, -0.15) is 0 Å². The van der Waals surface area contributed by atoms with Gasteiger partial charge in [0.1, 0.15) is 6.33 Å².